The number of likely N-dealkylation sites (N-methyl/N-ethyl adjacent to an activating group) is 1. The predicted octanol–water partition coefficient (Wildman–Crippen LogP) is 3.23. The van der Waals surface area contributed by atoms with Crippen molar-refractivity contribution < 1.29 is 14.3 Å². The van der Waals surface area contributed by atoms with Gasteiger partial charge in [-0.15, -0.1) is 0 Å². The van der Waals surface area contributed by atoms with Gasteiger partial charge in [0.2, 0.25) is 11.8 Å². The zero-order valence-corrected chi connectivity index (χ0v) is 16.9. The van der Waals surface area contributed by atoms with Crippen molar-refractivity contribution in [3.63, 3.8) is 0 Å². The number of amides is 2. The summed E-state index contributed by atoms with van der Waals surface area (Å²) in [6.07, 6.45) is 1.27. The molecule has 0 spiro atoms. The van der Waals surface area contributed by atoms with Gasteiger partial charge in [0, 0.05) is 33.6 Å². The van der Waals surface area contributed by atoms with Crippen molar-refractivity contribution in [2.75, 3.05) is 27.2 Å². The number of methoxy groups -OCH3 is 1. The van der Waals surface area contributed by atoms with Crippen LogP contribution in [-0.4, -0.2) is 48.9 Å². The maximum absolute atomic E-state index is 13.6. The maximum atomic E-state index is 13.6. The van der Waals surface area contributed by atoms with E-state index in [1.807, 2.05) is 66.5 Å². The summed E-state index contributed by atoms with van der Waals surface area (Å²) in [6, 6.07) is 17.8. The number of carbonyl (C=O) groups excluding carboxylic acids is 2. The third-order valence-electron chi connectivity index (χ3n) is 5.70. The summed E-state index contributed by atoms with van der Waals surface area (Å²) in [7, 11) is 3.49. The predicted molar refractivity (Wildman–Crippen MR) is 109 cm³/mol. The van der Waals surface area contributed by atoms with Crippen molar-refractivity contribution in [2.45, 2.75) is 31.7 Å². The van der Waals surface area contributed by atoms with Crippen LogP contribution in [0.1, 0.15) is 30.9 Å². The molecular weight excluding hydrogens is 352 g/mol. The molecule has 2 amide bonds. The Hall–Kier alpha value is -2.82. The zero-order chi connectivity index (χ0) is 20.1. The molecule has 1 heterocycles. The van der Waals surface area contributed by atoms with Gasteiger partial charge in [0.25, 0.3) is 0 Å². The highest BCUT2D eigenvalue weighted by molar-refractivity contribution is 5.88. The molecule has 0 radical (unpaired) electrons. The van der Waals surface area contributed by atoms with Gasteiger partial charge < -0.3 is 14.5 Å². The number of likely N-dealkylation sites (tertiary alicyclic amines) is 1. The summed E-state index contributed by atoms with van der Waals surface area (Å²) >= 11 is 0. The lowest BCUT2D eigenvalue weighted by Crippen LogP contribution is -2.52. The van der Waals surface area contributed by atoms with E-state index in [0.717, 1.165) is 16.9 Å². The standard InChI is InChI=1S/C23H28N2O3/c1-18(26)25-14-12-23(13-15-25,20-9-5-4-6-10-20)22(27)24(2)17-19-8-7-11-21(16-19)28-3/h4-11,16H,12-15,17H2,1-3H3. The molecule has 0 saturated carbocycles. The highest BCUT2D eigenvalue weighted by Crippen LogP contribution is 2.37. The minimum Gasteiger partial charge on any atom is -0.497 e. The Labute approximate surface area is 166 Å². The number of hydrogen-bond acceptors (Lipinski definition) is 3. The van der Waals surface area contributed by atoms with Crippen molar-refractivity contribution in [1.82, 2.24) is 9.80 Å². The van der Waals surface area contributed by atoms with Crippen molar-refractivity contribution in [1.29, 1.82) is 0 Å². The molecule has 0 aliphatic carbocycles. The van der Waals surface area contributed by atoms with Crippen LogP contribution in [0.15, 0.2) is 54.6 Å². The molecule has 2 aromatic rings. The van der Waals surface area contributed by atoms with Crippen LogP contribution in [0.2, 0.25) is 0 Å². The van der Waals surface area contributed by atoms with Crippen LogP contribution in [-0.2, 0) is 21.5 Å². The first-order valence-corrected chi connectivity index (χ1v) is 9.66. The van der Waals surface area contributed by atoms with E-state index in [2.05, 4.69) is 0 Å². The lowest BCUT2D eigenvalue weighted by Gasteiger charge is -2.42. The molecule has 28 heavy (non-hydrogen) atoms. The molecule has 1 saturated heterocycles. The van der Waals surface area contributed by atoms with E-state index in [1.54, 1.807) is 18.9 Å². The van der Waals surface area contributed by atoms with E-state index in [4.69, 9.17) is 4.74 Å². The third-order valence-corrected chi connectivity index (χ3v) is 5.70. The van der Waals surface area contributed by atoms with E-state index < -0.39 is 5.41 Å². The molecule has 3 rings (SSSR count). The normalized spacial score (nSPS) is 15.8. The Morgan fingerprint density at radius 1 is 1.07 bits per heavy atom. The average molecular weight is 380 g/mol. The molecule has 0 aromatic heterocycles. The van der Waals surface area contributed by atoms with Crippen LogP contribution in [0.5, 0.6) is 5.75 Å². The summed E-state index contributed by atoms with van der Waals surface area (Å²) in [5.74, 6) is 0.953. The molecule has 0 N–H and O–H groups in total. The Balaban J connectivity index is 1.85. The van der Waals surface area contributed by atoms with Crippen LogP contribution in [0.4, 0.5) is 0 Å². The fraction of sp³-hybridized carbons (Fsp3) is 0.391. The lowest BCUT2D eigenvalue weighted by atomic mass is 9.71. The van der Waals surface area contributed by atoms with Crippen LogP contribution >= 0.6 is 0 Å². The fourth-order valence-electron chi connectivity index (χ4n) is 4.07. The quantitative estimate of drug-likeness (QED) is 0.800. The van der Waals surface area contributed by atoms with Gasteiger partial charge in [-0.1, -0.05) is 42.5 Å². The minimum atomic E-state index is -0.596. The smallest absolute Gasteiger partial charge is 0.233 e. The first-order valence-electron chi connectivity index (χ1n) is 9.66. The van der Waals surface area contributed by atoms with Gasteiger partial charge in [-0.3, -0.25) is 9.59 Å². The molecule has 5 nitrogen and oxygen atoms in total. The maximum Gasteiger partial charge on any atom is 0.233 e. The Morgan fingerprint density at radius 2 is 1.75 bits per heavy atom. The van der Waals surface area contributed by atoms with Crippen LogP contribution in [0.25, 0.3) is 0 Å². The first-order chi connectivity index (χ1) is 13.5. The number of rotatable bonds is 5. The summed E-state index contributed by atoms with van der Waals surface area (Å²) < 4.78 is 5.30. The van der Waals surface area contributed by atoms with Gasteiger partial charge in [-0.05, 0) is 36.1 Å². The number of carbonyl (C=O) groups is 2. The molecule has 5 heteroatoms. The molecule has 1 fully saturated rings. The van der Waals surface area contributed by atoms with Gasteiger partial charge >= 0.3 is 0 Å². The number of nitrogens with zero attached hydrogens (tertiary/aromatic N) is 2. The second-order valence-electron chi connectivity index (χ2n) is 7.47. The molecule has 0 unspecified atom stereocenters. The van der Waals surface area contributed by atoms with E-state index in [1.165, 1.54) is 0 Å². The zero-order valence-electron chi connectivity index (χ0n) is 16.9. The molecule has 1 aliphatic heterocycles. The SMILES string of the molecule is COc1cccc(CN(C)C(=O)C2(c3ccccc3)CCN(C(C)=O)CC2)c1. The van der Waals surface area contributed by atoms with Crippen molar-refractivity contribution in [2.24, 2.45) is 0 Å². The van der Waals surface area contributed by atoms with Gasteiger partial charge in [0.05, 0.1) is 12.5 Å². The summed E-state index contributed by atoms with van der Waals surface area (Å²) in [4.78, 5) is 29.0. The van der Waals surface area contributed by atoms with Gasteiger partial charge in [-0.2, -0.15) is 0 Å². The summed E-state index contributed by atoms with van der Waals surface area (Å²) in [5.41, 5.74) is 1.46. The highest BCUT2D eigenvalue weighted by atomic mass is 16.5. The van der Waals surface area contributed by atoms with Crippen molar-refractivity contribution in [3.8, 4) is 5.75 Å². The first kappa shape index (κ1) is 19.9. The van der Waals surface area contributed by atoms with Crippen molar-refractivity contribution >= 4 is 11.8 Å². The Bertz CT molecular complexity index is 827. The monoisotopic (exact) mass is 380 g/mol. The second kappa shape index (κ2) is 8.46. The molecule has 0 bridgehead atoms. The Morgan fingerprint density at radius 3 is 2.36 bits per heavy atom. The van der Waals surface area contributed by atoms with E-state index >= 15 is 0 Å². The number of piperidine rings is 1. The molecule has 0 atom stereocenters. The number of hydrogen-bond donors (Lipinski definition) is 0. The largest absolute Gasteiger partial charge is 0.497 e. The molecular formula is C23H28N2O3. The number of benzene rings is 2. The summed E-state index contributed by atoms with van der Waals surface area (Å²) in [6.45, 7) is 3.30. The van der Waals surface area contributed by atoms with Crippen LogP contribution in [0, 0.1) is 0 Å². The van der Waals surface area contributed by atoms with Crippen LogP contribution in [0.3, 0.4) is 0 Å². The third kappa shape index (κ3) is 4.03. The highest BCUT2D eigenvalue weighted by Gasteiger charge is 2.44. The van der Waals surface area contributed by atoms with Gasteiger partial charge in [0.1, 0.15) is 5.75 Å². The minimum absolute atomic E-state index is 0.0684. The molecule has 1 aliphatic rings. The second-order valence-corrected chi connectivity index (χ2v) is 7.47. The summed E-state index contributed by atoms with van der Waals surface area (Å²) in [5, 5.41) is 0. The van der Waals surface area contributed by atoms with Gasteiger partial charge in [0.15, 0.2) is 0 Å². The number of ether oxygens (including phenoxy) is 1. The van der Waals surface area contributed by atoms with E-state index in [-0.39, 0.29) is 11.8 Å². The van der Waals surface area contributed by atoms with E-state index in [0.29, 0.717) is 32.5 Å². The fourth-order valence-corrected chi connectivity index (χ4v) is 4.07. The molecule has 2 aromatic carbocycles. The van der Waals surface area contributed by atoms with Crippen molar-refractivity contribution in [3.05, 3.63) is 65.7 Å². The van der Waals surface area contributed by atoms with Gasteiger partial charge in [-0.25, -0.2) is 0 Å². The average Bonchev–Trinajstić information content (AvgIpc) is 2.74. The lowest BCUT2D eigenvalue weighted by molar-refractivity contribution is -0.141. The topological polar surface area (TPSA) is 49.9 Å². The molecule has 148 valence electrons. The van der Waals surface area contributed by atoms with E-state index in [9.17, 15) is 9.59 Å². The Kier molecular flexibility index (Phi) is 6.02. The van der Waals surface area contributed by atoms with Crippen LogP contribution < -0.4 is 4.74 Å².